The lowest BCUT2D eigenvalue weighted by atomic mass is 10.0. The Bertz CT molecular complexity index is 1310. The van der Waals surface area contributed by atoms with Crippen molar-refractivity contribution >= 4 is 19.8 Å². The number of nitrogens with two attached hydrogens (primary N) is 1. The Balaban J connectivity index is 2.17. The van der Waals surface area contributed by atoms with Crippen LogP contribution < -0.4 is 5.73 Å². The minimum Gasteiger partial charge on any atom is -0.462 e. The summed E-state index contributed by atoms with van der Waals surface area (Å²) in [6, 6.07) is 0. The van der Waals surface area contributed by atoms with E-state index >= 15 is 0 Å². The third kappa shape index (κ3) is 39.0. The molecule has 0 aromatic rings. The van der Waals surface area contributed by atoms with Gasteiger partial charge in [0.05, 0.1) is 25.4 Å². The largest absolute Gasteiger partial charge is 0.472 e. The van der Waals surface area contributed by atoms with Gasteiger partial charge in [-0.05, 0) is 77.0 Å². The highest BCUT2D eigenvalue weighted by Crippen LogP contribution is 2.43. The number of phosphoric acid groups is 1. The van der Waals surface area contributed by atoms with Crippen molar-refractivity contribution in [3.8, 4) is 0 Å². The third-order valence-electron chi connectivity index (χ3n) is 10.5. The molecule has 1 saturated heterocycles. The molecule has 1 heterocycles. The van der Waals surface area contributed by atoms with Crippen LogP contribution in [0.4, 0.5) is 0 Å². The lowest BCUT2D eigenvalue weighted by Crippen LogP contribution is -2.29. The van der Waals surface area contributed by atoms with Gasteiger partial charge in [-0.1, -0.05) is 177 Å². The van der Waals surface area contributed by atoms with Crippen molar-refractivity contribution in [2.24, 2.45) is 5.73 Å². The van der Waals surface area contributed by atoms with Crippen LogP contribution in [0.5, 0.6) is 0 Å². The van der Waals surface area contributed by atoms with Crippen LogP contribution in [0, 0.1) is 0 Å². The molecule has 1 aliphatic rings. The maximum Gasteiger partial charge on any atom is 0.472 e. The van der Waals surface area contributed by atoms with E-state index in [1.165, 1.54) is 103 Å². The number of unbranched alkanes of at least 4 members (excludes halogenated alkanes) is 17. The molecule has 62 heavy (non-hydrogen) atoms. The number of carbonyl (C=O) groups is 2. The van der Waals surface area contributed by atoms with E-state index in [1.807, 2.05) is 12.2 Å². The molecule has 1 fully saturated rings. The molecule has 0 aromatic carbocycles. The van der Waals surface area contributed by atoms with Gasteiger partial charge < -0.3 is 24.8 Å². The molecule has 0 aliphatic carbocycles. The maximum absolute atomic E-state index is 12.6. The highest BCUT2D eigenvalue weighted by Gasteiger charge is 2.36. The Morgan fingerprint density at radius 3 is 1.61 bits per heavy atom. The third-order valence-corrected chi connectivity index (χ3v) is 11.5. The van der Waals surface area contributed by atoms with Crippen molar-refractivity contribution in [2.75, 3.05) is 26.4 Å². The summed E-state index contributed by atoms with van der Waals surface area (Å²) in [6.45, 7) is 3.53. The first-order chi connectivity index (χ1) is 30.3. The number of hydrogen-bond donors (Lipinski definition) is 2. The van der Waals surface area contributed by atoms with E-state index in [4.69, 9.17) is 29.0 Å². The number of allylic oxidation sites excluding steroid dienone is 10. The van der Waals surface area contributed by atoms with Gasteiger partial charge in [-0.25, -0.2) is 4.57 Å². The van der Waals surface area contributed by atoms with Gasteiger partial charge in [0.15, 0.2) is 6.10 Å². The first-order valence-corrected chi connectivity index (χ1v) is 26.0. The summed E-state index contributed by atoms with van der Waals surface area (Å²) in [5.74, 6) is -0.932. The molecule has 0 bridgehead atoms. The van der Waals surface area contributed by atoms with Crippen LogP contribution in [-0.2, 0) is 37.4 Å². The number of rotatable bonds is 44. The van der Waals surface area contributed by atoms with Gasteiger partial charge in [0.2, 0.25) is 0 Å². The fourth-order valence-electron chi connectivity index (χ4n) is 6.76. The summed E-state index contributed by atoms with van der Waals surface area (Å²) in [5, 5.41) is 0. The van der Waals surface area contributed by atoms with Crippen LogP contribution in [0.2, 0.25) is 0 Å². The quantitative estimate of drug-likeness (QED) is 0.0199. The van der Waals surface area contributed by atoms with Crippen LogP contribution in [0.25, 0.3) is 0 Å². The van der Waals surface area contributed by atoms with Crippen LogP contribution in [0.1, 0.15) is 194 Å². The monoisotopic (exact) mass is 890 g/mol. The second-order valence-electron chi connectivity index (χ2n) is 16.3. The Labute approximate surface area is 377 Å². The zero-order valence-corrected chi connectivity index (χ0v) is 39.9. The zero-order valence-electron chi connectivity index (χ0n) is 39.0. The van der Waals surface area contributed by atoms with Gasteiger partial charge in [-0.2, -0.15) is 0 Å². The summed E-state index contributed by atoms with van der Waals surface area (Å²) >= 11 is 0. The van der Waals surface area contributed by atoms with Crippen LogP contribution in [0.15, 0.2) is 72.9 Å². The van der Waals surface area contributed by atoms with E-state index in [9.17, 15) is 19.0 Å². The van der Waals surface area contributed by atoms with Gasteiger partial charge in [0, 0.05) is 19.4 Å². The van der Waals surface area contributed by atoms with Crippen molar-refractivity contribution in [2.45, 2.75) is 212 Å². The molecule has 3 unspecified atom stereocenters. The Morgan fingerprint density at radius 1 is 0.581 bits per heavy atom. The molecule has 3 N–H and O–H groups in total. The summed E-state index contributed by atoms with van der Waals surface area (Å²) in [7, 11) is -4.41. The average molecular weight is 890 g/mol. The van der Waals surface area contributed by atoms with E-state index in [1.54, 1.807) is 0 Å². The van der Waals surface area contributed by atoms with Gasteiger partial charge in [0.25, 0.3) is 0 Å². The smallest absolute Gasteiger partial charge is 0.462 e. The molecule has 0 saturated carbocycles. The van der Waals surface area contributed by atoms with Gasteiger partial charge in [0.1, 0.15) is 6.61 Å². The summed E-state index contributed by atoms with van der Waals surface area (Å²) in [5.41, 5.74) is 5.36. The zero-order chi connectivity index (χ0) is 45.0. The lowest BCUT2D eigenvalue weighted by molar-refractivity contribution is -0.161. The van der Waals surface area contributed by atoms with Gasteiger partial charge >= 0.3 is 19.8 Å². The predicted octanol–water partition coefficient (Wildman–Crippen LogP) is 13.6. The fraction of sp³-hybridized carbons (Fsp3) is 0.725. The first kappa shape index (κ1) is 57.4. The molecular formula is C51H88NO9P. The highest BCUT2D eigenvalue weighted by atomic mass is 31.2. The normalized spacial score (nSPS) is 17.1. The van der Waals surface area contributed by atoms with E-state index in [-0.39, 0.29) is 32.6 Å². The standard InChI is InChI=1S/C51H88NO9P/c1-3-5-7-8-9-10-11-12-13-14-15-16-17-18-19-20-24-27-30-33-37-41-50(53)57-45-47(46-59-62(55,56)58-44-43-52)60-51(54)42-38-34-31-28-25-22-21-23-26-29-32-36-40-49-48(61-49)39-35-6-4-2/h6,12-13,22-23,25-26,31-32,34-36,47-49H,3-5,7-11,14-21,24,27-30,33,37-46,52H2,1-2H3,(H,55,56)/b13-12-,25-22-,26-23-,34-31-,35-6-,36-32-/t47-,48?,49?/m1/s1. The molecule has 0 aromatic heterocycles. The van der Waals surface area contributed by atoms with E-state index < -0.39 is 32.5 Å². The number of hydrogen-bond acceptors (Lipinski definition) is 9. The lowest BCUT2D eigenvalue weighted by Gasteiger charge is -2.19. The maximum atomic E-state index is 12.6. The molecule has 0 radical (unpaired) electrons. The molecule has 1 rings (SSSR count). The molecule has 1 aliphatic heterocycles. The molecule has 10 nitrogen and oxygen atoms in total. The van der Waals surface area contributed by atoms with Crippen molar-refractivity contribution in [3.63, 3.8) is 0 Å². The van der Waals surface area contributed by atoms with Crippen LogP contribution in [-0.4, -0.2) is 61.5 Å². The summed E-state index contributed by atoms with van der Waals surface area (Å²) < 4.78 is 38.5. The number of phosphoric ester groups is 1. The van der Waals surface area contributed by atoms with Gasteiger partial charge in [-0.15, -0.1) is 0 Å². The summed E-state index contributed by atoms with van der Waals surface area (Å²) in [6.07, 6.45) is 55.6. The van der Waals surface area contributed by atoms with E-state index in [0.717, 1.165) is 57.8 Å². The molecular weight excluding hydrogens is 802 g/mol. The molecule has 4 atom stereocenters. The number of carbonyl (C=O) groups excluding carboxylic acids is 2. The second kappa shape index (κ2) is 42.4. The molecule has 0 amide bonds. The minimum absolute atomic E-state index is 0.0371. The minimum atomic E-state index is -4.41. The number of esters is 2. The average Bonchev–Trinajstić information content (AvgIpc) is 4.02. The van der Waals surface area contributed by atoms with Crippen molar-refractivity contribution in [1.82, 2.24) is 0 Å². The molecule has 0 spiro atoms. The van der Waals surface area contributed by atoms with Crippen molar-refractivity contribution in [3.05, 3.63) is 72.9 Å². The first-order valence-electron chi connectivity index (χ1n) is 24.5. The Hall–Kier alpha value is -2.59. The summed E-state index contributed by atoms with van der Waals surface area (Å²) in [4.78, 5) is 35.0. The highest BCUT2D eigenvalue weighted by molar-refractivity contribution is 7.47. The number of epoxide rings is 1. The molecule has 11 heteroatoms. The molecule has 356 valence electrons. The van der Waals surface area contributed by atoms with Gasteiger partial charge in [-0.3, -0.25) is 18.6 Å². The van der Waals surface area contributed by atoms with Crippen molar-refractivity contribution in [1.29, 1.82) is 0 Å². The Morgan fingerprint density at radius 2 is 1.06 bits per heavy atom. The van der Waals surface area contributed by atoms with Crippen LogP contribution >= 0.6 is 7.82 Å². The van der Waals surface area contributed by atoms with Crippen LogP contribution in [0.3, 0.4) is 0 Å². The second-order valence-corrected chi connectivity index (χ2v) is 17.8. The fourth-order valence-corrected chi connectivity index (χ4v) is 7.52. The topological polar surface area (TPSA) is 147 Å². The number of ether oxygens (including phenoxy) is 3. The van der Waals surface area contributed by atoms with E-state index in [0.29, 0.717) is 18.6 Å². The predicted molar refractivity (Wildman–Crippen MR) is 256 cm³/mol. The van der Waals surface area contributed by atoms with Crippen molar-refractivity contribution < 1.29 is 42.3 Å². The van der Waals surface area contributed by atoms with E-state index in [2.05, 4.69) is 74.6 Å². The Kier molecular flexibility index (Phi) is 39.2. The SMILES string of the molecule is CC/C=C\CC1OC1C/C=C\C/C=C\C/C=C\C/C=C\CCC(=O)O[C@H](COC(=O)CCCCCCCCCCCCC/C=C\CCCCCCCC)COP(=O)(O)OCCN.